The molecule has 0 unspecified atom stereocenters. The van der Waals surface area contributed by atoms with E-state index in [4.69, 9.17) is 21.1 Å². The van der Waals surface area contributed by atoms with Crippen molar-refractivity contribution in [1.82, 2.24) is 9.88 Å². The number of fused-ring (bicyclic) bond motifs is 1. The van der Waals surface area contributed by atoms with Crippen LogP contribution in [0.15, 0.2) is 24.4 Å². The second kappa shape index (κ2) is 9.10. The summed E-state index contributed by atoms with van der Waals surface area (Å²) in [6, 6.07) is 6.23. The van der Waals surface area contributed by atoms with Crippen molar-refractivity contribution in [2.75, 3.05) is 56.3 Å². The lowest BCUT2D eigenvalue weighted by Gasteiger charge is -2.49. The highest BCUT2D eigenvalue weighted by atomic mass is 35.5. The minimum Gasteiger partial charge on any atom is -0.389 e. The van der Waals surface area contributed by atoms with E-state index in [1.54, 1.807) is 6.20 Å². The average Bonchev–Trinajstić information content (AvgIpc) is 3.44. The number of carbonyl (C=O) groups is 1. The molecule has 1 saturated carbocycles. The Morgan fingerprint density at radius 1 is 1.19 bits per heavy atom. The summed E-state index contributed by atoms with van der Waals surface area (Å²) in [7, 11) is 0. The molecule has 1 amide bonds. The van der Waals surface area contributed by atoms with Crippen molar-refractivity contribution in [1.29, 1.82) is 0 Å². The van der Waals surface area contributed by atoms with Crippen molar-refractivity contribution < 1.29 is 19.4 Å². The first-order chi connectivity index (χ1) is 17.3. The number of anilines is 2. The highest BCUT2D eigenvalue weighted by molar-refractivity contribution is 6.34. The zero-order valence-corrected chi connectivity index (χ0v) is 21.8. The number of aliphatic hydroxyl groups excluding tert-OH is 1. The van der Waals surface area contributed by atoms with Gasteiger partial charge < -0.3 is 24.8 Å². The summed E-state index contributed by atoms with van der Waals surface area (Å²) in [5.41, 5.74) is 0.759. The molecule has 4 fully saturated rings. The van der Waals surface area contributed by atoms with Gasteiger partial charge in [0.1, 0.15) is 5.82 Å². The minimum absolute atomic E-state index is 0.0584. The number of aliphatic hydroxyl groups is 1. The summed E-state index contributed by atoms with van der Waals surface area (Å²) in [6.07, 6.45) is 4.18. The van der Waals surface area contributed by atoms with Crippen LogP contribution in [0.5, 0.6) is 0 Å². The number of pyridine rings is 1. The highest BCUT2D eigenvalue weighted by Gasteiger charge is 2.58. The normalized spacial score (nSPS) is 32.2. The molecule has 194 valence electrons. The molecule has 9 heteroatoms. The van der Waals surface area contributed by atoms with E-state index in [2.05, 4.69) is 40.0 Å². The second-order valence-electron chi connectivity index (χ2n) is 11.3. The number of nitrogens with zero attached hydrogens (tertiary/aromatic N) is 3. The Morgan fingerprint density at radius 2 is 2.00 bits per heavy atom. The zero-order valence-electron chi connectivity index (χ0n) is 21.0. The zero-order chi connectivity index (χ0) is 25.1. The molecule has 36 heavy (non-hydrogen) atoms. The number of benzene rings is 1. The lowest BCUT2D eigenvalue weighted by Crippen LogP contribution is -2.64. The van der Waals surface area contributed by atoms with Crippen molar-refractivity contribution in [3.8, 4) is 0 Å². The molecule has 4 heterocycles. The number of amides is 1. The van der Waals surface area contributed by atoms with E-state index in [1.165, 1.54) is 0 Å². The molecule has 8 nitrogen and oxygen atoms in total. The number of carbonyl (C=O) groups excluding carboxylic acids is 1. The van der Waals surface area contributed by atoms with Crippen LogP contribution in [-0.4, -0.2) is 84.6 Å². The molecular formula is C27H35ClN4O4. The number of rotatable bonds is 4. The Hall–Kier alpha value is -1.97. The van der Waals surface area contributed by atoms with Crippen LogP contribution in [0.1, 0.15) is 33.1 Å². The fraction of sp³-hybridized carbons (Fsp3) is 0.630. The molecule has 0 bridgehead atoms. The van der Waals surface area contributed by atoms with Crippen LogP contribution in [-0.2, 0) is 14.3 Å². The van der Waals surface area contributed by atoms with Gasteiger partial charge in [0.15, 0.2) is 0 Å². The predicted molar refractivity (Wildman–Crippen MR) is 140 cm³/mol. The monoisotopic (exact) mass is 514 g/mol. The topological polar surface area (TPSA) is 87.2 Å². The SMILES string of the molecule is C[C@H]1CN(c2cc3cc(NC(=O)[C@@H]4CC45CCOCC5)ncc3cc2Cl)CCN1[C@]1(C)COC[C@@H]1O. The molecule has 3 aliphatic heterocycles. The molecule has 2 N–H and O–H groups in total. The summed E-state index contributed by atoms with van der Waals surface area (Å²) in [4.78, 5) is 22.1. The summed E-state index contributed by atoms with van der Waals surface area (Å²) in [5.74, 6) is 0.703. The molecule has 6 rings (SSSR count). The van der Waals surface area contributed by atoms with E-state index < -0.39 is 6.10 Å². The van der Waals surface area contributed by atoms with Crippen LogP contribution in [0.4, 0.5) is 11.5 Å². The number of nitrogens with one attached hydrogen (secondary N) is 1. The molecular weight excluding hydrogens is 480 g/mol. The number of halogens is 1. The van der Waals surface area contributed by atoms with Crippen LogP contribution < -0.4 is 10.2 Å². The summed E-state index contributed by atoms with van der Waals surface area (Å²) < 4.78 is 11.1. The summed E-state index contributed by atoms with van der Waals surface area (Å²) >= 11 is 6.73. The first kappa shape index (κ1) is 24.4. The van der Waals surface area contributed by atoms with Gasteiger partial charge >= 0.3 is 0 Å². The van der Waals surface area contributed by atoms with Crippen molar-refractivity contribution >= 4 is 39.8 Å². The van der Waals surface area contributed by atoms with Crippen LogP contribution in [0.2, 0.25) is 5.02 Å². The Morgan fingerprint density at radius 3 is 2.72 bits per heavy atom. The molecule has 0 radical (unpaired) electrons. The maximum Gasteiger partial charge on any atom is 0.229 e. The number of hydrogen-bond donors (Lipinski definition) is 2. The van der Waals surface area contributed by atoms with Crippen LogP contribution >= 0.6 is 11.6 Å². The lowest BCUT2D eigenvalue weighted by atomic mass is 9.92. The molecule has 4 aliphatic rings. The first-order valence-corrected chi connectivity index (χ1v) is 13.4. The number of ether oxygens (including phenoxy) is 2. The fourth-order valence-corrected chi connectivity index (χ4v) is 6.88. The van der Waals surface area contributed by atoms with Gasteiger partial charge in [-0.2, -0.15) is 0 Å². The Labute approximate surface area is 216 Å². The van der Waals surface area contributed by atoms with Gasteiger partial charge in [-0.3, -0.25) is 9.69 Å². The van der Waals surface area contributed by atoms with Gasteiger partial charge in [-0.1, -0.05) is 11.6 Å². The predicted octanol–water partition coefficient (Wildman–Crippen LogP) is 3.30. The quantitative estimate of drug-likeness (QED) is 0.647. The van der Waals surface area contributed by atoms with E-state index >= 15 is 0 Å². The van der Waals surface area contributed by atoms with Gasteiger partial charge in [0.25, 0.3) is 0 Å². The molecule has 2 aromatic rings. The first-order valence-electron chi connectivity index (χ1n) is 13.0. The minimum atomic E-state index is -0.478. The second-order valence-corrected chi connectivity index (χ2v) is 11.7. The van der Waals surface area contributed by atoms with Gasteiger partial charge in [-0.15, -0.1) is 0 Å². The van der Waals surface area contributed by atoms with Crippen molar-refractivity contribution in [2.24, 2.45) is 11.3 Å². The molecule has 4 atom stereocenters. The van der Waals surface area contributed by atoms with Crippen LogP contribution in [0.3, 0.4) is 0 Å². The maximum atomic E-state index is 12.9. The Balaban J connectivity index is 1.18. The lowest BCUT2D eigenvalue weighted by molar-refractivity contribution is -0.118. The highest BCUT2D eigenvalue weighted by Crippen LogP contribution is 2.59. The summed E-state index contributed by atoms with van der Waals surface area (Å²) in [5, 5.41) is 16.2. The molecule has 1 spiro atoms. The third-order valence-electron chi connectivity index (χ3n) is 9.05. The molecule has 1 aliphatic carbocycles. The van der Waals surface area contributed by atoms with Gasteiger partial charge in [-0.25, -0.2) is 4.98 Å². The number of piperazine rings is 1. The standard InChI is InChI=1S/C27H35ClN4O4/c1-17-14-31(5-6-32(17)26(2)16-36-15-23(26)33)22-10-18-11-24(29-13-19(18)9-21(22)28)30-25(34)20-12-27(20)3-7-35-8-4-27/h9-11,13,17,20,23,33H,3-8,12,14-16H2,1-2H3,(H,29,30,34)/t17-,20-,23-,26+/m0/s1. The van der Waals surface area contributed by atoms with Crippen molar-refractivity contribution in [3.05, 3.63) is 29.4 Å². The molecule has 1 aromatic heterocycles. The average molecular weight is 515 g/mol. The van der Waals surface area contributed by atoms with E-state index in [1.807, 2.05) is 12.1 Å². The van der Waals surface area contributed by atoms with Crippen LogP contribution in [0.25, 0.3) is 10.8 Å². The Bertz CT molecular complexity index is 1170. The largest absolute Gasteiger partial charge is 0.389 e. The maximum absolute atomic E-state index is 12.9. The van der Waals surface area contributed by atoms with Crippen LogP contribution in [0, 0.1) is 11.3 Å². The fourth-order valence-electron chi connectivity index (χ4n) is 6.59. The van der Waals surface area contributed by atoms with Gasteiger partial charge in [0, 0.05) is 56.4 Å². The van der Waals surface area contributed by atoms with Crippen molar-refractivity contribution in [2.45, 2.75) is 50.8 Å². The third kappa shape index (κ3) is 4.17. The number of aromatic nitrogens is 1. The summed E-state index contributed by atoms with van der Waals surface area (Å²) in [6.45, 7) is 9.15. The van der Waals surface area contributed by atoms with Crippen molar-refractivity contribution in [3.63, 3.8) is 0 Å². The molecule has 1 aromatic carbocycles. The van der Waals surface area contributed by atoms with Gasteiger partial charge in [-0.05, 0) is 62.1 Å². The molecule has 3 saturated heterocycles. The van der Waals surface area contributed by atoms with E-state index in [0.717, 1.165) is 68.6 Å². The number of hydrogen-bond acceptors (Lipinski definition) is 7. The third-order valence-corrected chi connectivity index (χ3v) is 9.35. The Kier molecular flexibility index (Phi) is 6.16. The van der Waals surface area contributed by atoms with E-state index in [-0.39, 0.29) is 28.8 Å². The van der Waals surface area contributed by atoms with Gasteiger partial charge in [0.05, 0.1) is 35.6 Å². The smallest absolute Gasteiger partial charge is 0.229 e. The van der Waals surface area contributed by atoms with E-state index in [0.29, 0.717) is 24.1 Å². The van der Waals surface area contributed by atoms with Gasteiger partial charge in [0.2, 0.25) is 5.91 Å². The van der Waals surface area contributed by atoms with E-state index in [9.17, 15) is 9.90 Å².